The zero-order valence-electron chi connectivity index (χ0n) is 10.7. The van der Waals surface area contributed by atoms with Crippen LogP contribution in [0.2, 0.25) is 0 Å². The zero-order valence-corrected chi connectivity index (χ0v) is 10.7. The second-order valence-corrected chi connectivity index (χ2v) is 4.13. The highest BCUT2D eigenvalue weighted by Crippen LogP contribution is 2.07. The van der Waals surface area contributed by atoms with Gasteiger partial charge in [-0.15, -0.1) is 0 Å². The van der Waals surface area contributed by atoms with Crippen molar-refractivity contribution in [3.05, 3.63) is 59.4 Å². The van der Waals surface area contributed by atoms with E-state index in [2.05, 4.69) is 4.98 Å². The highest BCUT2D eigenvalue weighted by molar-refractivity contribution is 5.98. The second-order valence-electron chi connectivity index (χ2n) is 4.13. The molecule has 2 aromatic rings. The van der Waals surface area contributed by atoms with Gasteiger partial charge in [-0.05, 0) is 36.2 Å². The van der Waals surface area contributed by atoms with Crippen molar-refractivity contribution in [1.29, 1.82) is 0 Å². The largest absolute Gasteiger partial charge is 0.454 e. The van der Waals surface area contributed by atoms with Crippen LogP contribution in [0.5, 0.6) is 0 Å². The molecule has 0 bridgehead atoms. The Labute approximate surface area is 111 Å². The van der Waals surface area contributed by atoms with E-state index in [0.29, 0.717) is 11.3 Å². The maximum atomic E-state index is 11.7. The smallest absolute Gasteiger partial charge is 0.338 e. The maximum absolute atomic E-state index is 11.7. The maximum Gasteiger partial charge on any atom is 0.338 e. The van der Waals surface area contributed by atoms with E-state index in [0.717, 1.165) is 12.0 Å². The van der Waals surface area contributed by atoms with Crippen LogP contribution in [0.4, 0.5) is 0 Å². The first-order chi connectivity index (χ1) is 9.20. The molecule has 4 nitrogen and oxygen atoms in total. The van der Waals surface area contributed by atoms with E-state index in [1.807, 2.05) is 19.1 Å². The van der Waals surface area contributed by atoms with Crippen LogP contribution >= 0.6 is 0 Å². The number of hydrogen-bond donors (Lipinski definition) is 1. The number of Topliss-reactive ketones (excluding diaryl/α,β-unsaturated/α-hetero) is 1. The summed E-state index contributed by atoms with van der Waals surface area (Å²) in [7, 11) is 0. The molecule has 4 heteroatoms. The molecule has 0 saturated heterocycles. The van der Waals surface area contributed by atoms with E-state index in [1.165, 1.54) is 0 Å². The average Bonchev–Trinajstić information content (AvgIpc) is 2.98. The molecule has 0 fully saturated rings. The number of nitrogens with one attached hydrogen (secondary N) is 1. The first kappa shape index (κ1) is 13.1. The molecule has 0 radical (unpaired) electrons. The van der Waals surface area contributed by atoms with Crippen LogP contribution in [0.1, 0.15) is 33.3 Å². The SMILES string of the molecule is CCc1ccc(C(=O)OCC(=O)c2ccc[nH]2)cc1. The number of hydrogen-bond acceptors (Lipinski definition) is 3. The first-order valence-corrected chi connectivity index (χ1v) is 6.13. The highest BCUT2D eigenvalue weighted by atomic mass is 16.5. The topological polar surface area (TPSA) is 59.2 Å². The van der Waals surface area contributed by atoms with Gasteiger partial charge < -0.3 is 9.72 Å². The minimum Gasteiger partial charge on any atom is -0.454 e. The lowest BCUT2D eigenvalue weighted by Crippen LogP contribution is -2.14. The summed E-state index contributed by atoms with van der Waals surface area (Å²) < 4.78 is 4.98. The van der Waals surface area contributed by atoms with Crippen molar-refractivity contribution in [3.8, 4) is 0 Å². The van der Waals surface area contributed by atoms with Crippen molar-refractivity contribution < 1.29 is 14.3 Å². The van der Waals surface area contributed by atoms with E-state index >= 15 is 0 Å². The second kappa shape index (κ2) is 6.00. The molecule has 0 aliphatic rings. The molecule has 0 atom stereocenters. The quantitative estimate of drug-likeness (QED) is 0.661. The predicted octanol–water partition coefficient (Wildman–Crippen LogP) is 2.62. The Bertz CT molecular complexity index is 556. The van der Waals surface area contributed by atoms with Crippen molar-refractivity contribution in [2.75, 3.05) is 6.61 Å². The fourth-order valence-corrected chi connectivity index (χ4v) is 1.67. The van der Waals surface area contributed by atoms with Gasteiger partial charge >= 0.3 is 5.97 Å². The van der Waals surface area contributed by atoms with Crippen LogP contribution < -0.4 is 0 Å². The van der Waals surface area contributed by atoms with Gasteiger partial charge in [0.25, 0.3) is 0 Å². The van der Waals surface area contributed by atoms with E-state index in [4.69, 9.17) is 4.74 Å². The number of aryl methyl sites for hydroxylation is 1. The lowest BCUT2D eigenvalue weighted by molar-refractivity contribution is 0.0473. The normalized spacial score (nSPS) is 10.2. The van der Waals surface area contributed by atoms with E-state index < -0.39 is 5.97 Å². The summed E-state index contributed by atoms with van der Waals surface area (Å²) in [6, 6.07) is 10.5. The lowest BCUT2D eigenvalue weighted by Gasteiger charge is -2.04. The predicted molar refractivity (Wildman–Crippen MR) is 71.2 cm³/mol. The lowest BCUT2D eigenvalue weighted by atomic mass is 10.1. The summed E-state index contributed by atoms with van der Waals surface area (Å²) >= 11 is 0. The standard InChI is InChI=1S/C15H15NO3/c1-2-11-5-7-12(8-6-11)15(18)19-10-14(17)13-4-3-9-16-13/h3-9,16H,2,10H2,1H3. The molecule has 1 heterocycles. The number of H-pyrrole nitrogens is 1. The summed E-state index contributed by atoms with van der Waals surface area (Å²) in [5.41, 5.74) is 2.05. The van der Waals surface area contributed by atoms with Gasteiger partial charge in [-0.3, -0.25) is 4.79 Å². The van der Waals surface area contributed by atoms with Crippen LogP contribution in [0.3, 0.4) is 0 Å². The summed E-state index contributed by atoms with van der Waals surface area (Å²) in [5.74, 6) is -0.730. The fraction of sp³-hybridized carbons (Fsp3) is 0.200. The Morgan fingerprint density at radius 2 is 1.89 bits per heavy atom. The first-order valence-electron chi connectivity index (χ1n) is 6.13. The van der Waals surface area contributed by atoms with Crippen molar-refractivity contribution in [2.45, 2.75) is 13.3 Å². The number of aromatic nitrogens is 1. The Balaban J connectivity index is 1.92. The van der Waals surface area contributed by atoms with Crippen LogP contribution in [-0.4, -0.2) is 23.3 Å². The molecule has 1 aromatic heterocycles. The number of carbonyl (C=O) groups is 2. The average molecular weight is 257 g/mol. The molecule has 2 rings (SSSR count). The van der Waals surface area contributed by atoms with Gasteiger partial charge in [-0.2, -0.15) is 0 Å². The molecule has 0 spiro atoms. The zero-order chi connectivity index (χ0) is 13.7. The van der Waals surface area contributed by atoms with Gasteiger partial charge in [-0.1, -0.05) is 19.1 Å². The summed E-state index contributed by atoms with van der Waals surface area (Å²) in [6.07, 6.45) is 2.57. The van der Waals surface area contributed by atoms with Crippen LogP contribution in [0, 0.1) is 0 Å². The van der Waals surface area contributed by atoms with Crippen molar-refractivity contribution in [3.63, 3.8) is 0 Å². The highest BCUT2D eigenvalue weighted by Gasteiger charge is 2.11. The summed E-state index contributed by atoms with van der Waals surface area (Å²) in [4.78, 5) is 26.1. The molecule has 0 unspecified atom stereocenters. The van der Waals surface area contributed by atoms with E-state index in [9.17, 15) is 9.59 Å². The molecular weight excluding hydrogens is 242 g/mol. The number of ketones is 1. The Morgan fingerprint density at radius 3 is 2.47 bits per heavy atom. The molecule has 0 amide bonds. The van der Waals surface area contributed by atoms with E-state index in [-0.39, 0.29) is 12.4 Å². The summed E-state index contributed by atoms with van der Waals surface area (Å²) in [5, 5.41) is 0. The Kier molecular flexibility index (Phi) is 4.13. The molecular formula is C15H15NO3. The monoisotopic (exact) mass is 257 g/mol. The van der Waals surface area contributed by atoms with Gasteiger partial charge in [0, 0.05) is 6.20 Å². The van der Waals surface area contributed by atoms with Gasteiger partial charge in [0.05, 0.1) is 11.3 Å². The number of esters is 1. The third kappa shape index (κ3) is 3.31. The number of rotatable bonds is 5. The van der Waals surface area contributed by atoms with Gasteiger partial charge in [0.1, 0.15) is 0 Å². The van der Waals surface area contributed by atoms with Gasteiger partial charge in [0.15, 0.2) is 6.61 Å². The number of aromatic amines is 1. The Morgan fingerprint density at radius 1 is 1.16 bits per heavy atom. The minimum absolute atomic E-state index is 0.247. The summed E-state index contributed by atoms with van der Waals surface area (Å²) in [6.45, 7) is 1.79. The fourth-order valence-electron chi connectivity index (χ4n) is 1.67. The molecule has 0 aliphatic heterocycles. The number of ether oxygens (including phenoxy) is 1. The van der Waals surface area contributed by atoms with Gasteiger partial charge in [0.2, 0.25) is 5.78 Å². The number of carbonyl (C=O) groups excluding carboxylic acids is 2. The van der Waals surface area contributed by atoms with Crippen molar-refractivity contribution in [2.24, 2.45) is 0 Å². The Hall–Kier alpha value is -2.36. The van der Waals surface area contributed by atoms with Crippen LogP contribution in [-0.2, 0) is 11.2 Å². The third-order valence-corrected chi connectivity index (χ3v) is 2.83. The molecule has 1 N–H and O–H groups in total. The van der Waals surface area contributed by atoms with Gasteiger partial charge in [-0.25, -0.2) is 4.79 Å². The molecule has 0 saturated carbocycles. The third-order valence-electron chi connectivity index (χ3n) is 2.83. The van der Waals surface area contributed by atoms with Crippen molar-refractivity contribution >= 4 is 11.8 Å². The van der Waals surface area contributed by atoms with Crippen molar-refractivity contribution in [1.82, 2.24) is 4.98 Å². The number of benzene rings is 1. The minimum atomic E-state index is -0.484. The van der Waals surface area contributed by atoms with E-state index in [1.54, 1.807) is 30.5 Å². The molecule has 0 aliphatic carbocycles. The van der Waals surface area contributed by atoms with Crippen LogP contribution in [0.15, 0.2) is 42.6 Å². The molecule has 98 valence electrons. The molecule has 19 heavy (non-hydrogen) atoms. The van der Waals surface area contributed by atoms with Crippen LogP contribution in [0.25, 0.3) is 0 Å². The molecule has 1 aromatic carbocycles.